The highest BCUT2D eigenvalue weighted by Gasteiger charge is 2.26. The molecule has 5 nitrogen and oxygen atoms in total. The second-order valence-corrected chi connectivity index (χ2v) is 5.58. The molecule has 0 unspecified atom stereocenters. The lowest BCUT2D eigenvalue weighted by Crippen LogP contribution is -2.45. The lowest BCUT2D eigenvalue weighted by Gasteiger charge is -2.27. The summed E-state index contributed by atoms with van der Waals surface area (Å²) in [6, 6.07) is 0.116. The molecule has 5 heteroatoms. The summed E-state index contributed by atoms with van der Waals surface area (Å²) in [5.74, 6) is 0.331. The highest BCUT2D eigenvalue weighted by molar-refractivity contribution is 5.68. The minimum Gasteiger partial charge on any atom is -0.444 e. The molecule has 2 atom stereocenters. The summed E-state index contributed by atoms with van der Waals surface area (Å²) in [4.78, 5) is 11.7. The van der Waals surface area contributed by atoms with Gasteiger partial charge >= 0.3 is 6.09 Å². The Morgan fingerprint density at radius 2 is 2.06 bits per heavy atom. The third-order valence-corrected chi connectivity index (χ3v) is 2.90. The summed E-state index contributed by atoms with van der Waals surface area (Å²) in [5, 5.41) is 6.25. The Morgan fingerprint density at radius 3 is 2.65 bits per heavy atom. The van der Waals surface area contributed by atoms with Crippen LogP contribution in [0, 0.1) is 5.92 Å². The van der Waals surface area contributed by atoms with Crippen LogP contribution in [0.2, 0.25) is 0 Å². The number of carbonyl (C=O) groups excluding carboxylic acids is 1. The highest BCUT2D eigenvalue weighted by atomic mass is 16.6. The van der Waals surface area contributed by atoms with Crippen LogP contribution in [0.4, 0.5) is 4.79 Å². The normalized spacial score (nSPS) is 26.1. The zero-order valence-corrected chi connectivity index (χ0v) is 11.1. The van der Waals surface area contributed by atoms with Crippen LogP contribution in [0.25, 0.3) is 0 Å². The van der Waals surface area contributed by atoms with Gasteiger partial charge in [-0.05, 0) is 59.2 Å². The molecule has 0 aromatic heterocycles. The van der Waals surface area contributed by atoms with Crippen molar-refractivity contribution in [2.75, 3.05) is 19.6 Å². The Bertz CT molecular complexity index is 251. The van der Waals surface area contributed by atoms with E-state index in [4.69, 9.17) is 10.5 Å². The first-order chi connectivity index (χ1) is 7.92. The molecule has 100 valence electrons. The van der Waals surface area contributed by atoms with E-state index in [0.717, 1.165) is 25.9 Å². The average Bonchev–Trinajstić information content (AvgIpc) is 2.39. The van der Waals surface area contributed by atoms with Crippen LogP contribution >= 0.6 is 0 Å². The van der Waals surface area contributed by atoms with Gasteiger partial charge in [0.2, 0.25) is 0 Å². The van der Waals surface area contributed by atoms with Gasteiger partial charge in [-0.15, -0.1) is 0 Å². The van der Waals surface area contributed by atoms with E-state index < -0.39 is 5.60 Å². The summed E-state index contributed by atoms with van der Waals surface area (Å²) >= 11 is 0. The first-order valence-corrected chi connectivity index (χ1v) is 6.32. The van der Waals surface area contributed by atoms with Crippen molar-refractivity contribution in [1.29, 1.82) is 0 Å². The highest BCUT2D eigenvalue weighted by Crippen LogP contribution is 2.14. The van der Waals surface area contributed by atoms with Crippen LogP contribution in [0.15, 0.2) is 0 Å². The van der Waals surface area contributed by atoms with Crippen molar-refractivity contribution in [3.05, 3.63) is 0 Å². The SMILES string of the molecule is CC(C)(C)OC(=O)N[C@@H]1CCNCC[C@H]1CN. The van der Waals surface area contributed by atoms with Crippen molar-refractivity contribution in [3.63, 3.8) is 0 Å². The molecule has 0 aromatic rings. The molecular weight excluding hydrogens is 218 g/mol. The Labute approximate surface area is 103 Å². The van der Waals surface area contributed by atoms with Gasteiger partial charge in [-0.1, -0.05) is 0 Å². The number of amides is 1. The van der Waals surface area contributed by atoms with Crippen LogP contribution in [0.3, 0.4) is 0 Å². The van der Waals surface area contributed by atoms with E-state index in [2.05, 4.69) is 10.6 Å². The van der Waals surface area contributed by atoms with Crippen molar-refractivity contribution in [3.8, 4) is 0 Å². The first kappa shape index (κ1) is 14.3. The predicted octanol–water partition coefficient (Wildman–Crippen LogP) is 0.838. The van der Waals surface area contributed by atoms with E-state index in [1.165, 1.54) is 0 Å². The van der Waals surface area contributed by atoms with Crippen molar-refractivity contribution in [2.45, 2.75) is 45.3 Å². The topological polar surface area (TPSA) is 76.4 Å². The van der Waals surface area contributed by atoms with Crippen LogP contribution in [-0.4, -0.2) is 37.4 Å². The molecule has 0 spiro atoms. The largest absolute Gasteiger partial charge is 0.444 e. The molecule has 1 amide bonds. The monoisotopic (exact) mass is 243 g/mol. The standard InChI is InChI=1S/C12H25N3O2/c1-12(2,3)17-11(16)15-10-5-7-14-6-4-9(10)8-13/h9-10,14H,4-8,13H2,1-3H3,(H,15,16)/t9-,10+/m0/s1. The van der Waals surface area contributed by atoms with E-state index >= 15 is 0 Å². The molecule has 17 heavy (non-hydrogen) atoms. The number of nitrogens with two attached hydrogens (primary N) is 1. The fourth-order valence-electron chi connectivity index (χ4n) is 2.04. The smallest absolute Gasteiger partial charge is 0.407 e. The number of ether oxygens (including phenoxy) is 1. The van der Waals surface area contributed by atoms with Crippen LogP contribution in [0.1, 0.15) is 33.6 Å². The van der Waals surface area contributed by atoms with E-state index in [1.807, 2.05) is 20.8 Å². The predicted molar refractivity (Wildman–Crippen MR) is 67.8 cm³/mol. The van der Waals surface area contributed by atoms with Crippen LogP contribution in [0.5, 0.6) is 0 Å². The molecule has 1 saturated heterocycles. The second kappa shape index (κ2) is 6.21. The Balaban J connectivity index is 2.49. The summed E-state index contributed by atoms with van der Waals surface area (Å²) in [5.41, 5.74) is 5.29. The number of carbonyl (C=O) groups is 1. The number of nitrogens with one attached hydrogen (secondary N) is 2. The first-order valence-electron chi connectivity index (χ1n) is 6.32. The Hall–Kier alpha value is -0.810. The second-order valence-electron chi connectivity index (χ2n) is 5.58. The van der Waals surface area contributed by atoms with E-state index in [9.17, 15) is 4.79 Å². The lowest BCUT2D eigenvalue weighted by atomic mass is 9.95. The summed E-state index contributed by atoms with van der Waals surface area (Å²) in [6.07, 6.45) is 1.56. The fraction of sp³-hybridized carbons (Fsp3) is 0.917. The van der Waals surface area contributed by atoms with Crippen molar-refractivity contribution in [2.24, 2.45) is 11.7 Å². The fourth-order valence-corrected chi connectivity index (χ4v) is 2.04. The quantitative estimate of drug-likeness (QED) is 0.671. The van der Waals surface area contributed by atoms with Gasteiger partial charge < -0.3 is 21.1 Å². The molecule has 1 heterocycles. The minimum atomic E-state index is -0.453. The Morgan fingerprint density at radius 1 is 1.41 bits per heavy atom. The molecular formula is C12H25N3O2. The third-order valence-electron chi connectivity index (χ3n) is 2.90. The van der Waals surface area contributed by atoms with Gasteiger partial charge in [0.1, 0.15) is 5.60 Å². The van der Waals surface area contributed by atoms with Gasteiger partial charge in [0.25, 0.3) is 0 Å². The van der Waals surface area contributed by atoms with Gasteiger partial charge in [-0.2, -0.15) is 0 Å². The molecule has 1 rings (SSSR count). The maximum Gasteiger partial charge on any atom is 0.407 e. The van der Waals surface area contributed by atoms with Crippen molar-refractivity contribution in [1.82, 2.24) is 10.6 Å². The zero-order chi connectivity index (χ0) is 12.9. The van der Waals surface area contributed by atoms with E-state index in [0.29, 0.717) is 12.5 Å². The average molecular weight is 243 g/mol. The third kappa shape index (κ3) is 5.37. The molecule has 0 saturated carbocycles. The molecule has 1 aliphatic heterocycles. The maximum atomic E-state index is 11.7. The summed E-state index contributed by atoms with van der Waals surface area (Å²) < 4.78 is 5.26. The van der Waals surface area contributed by atoms with Gasteiger partial charge in [0.15, 0.2) is 0 Å². The summed E-state index contributed by atoms with van der Waals surface area (Å²) in [7, 11) is 0. The maximum absolute atomic E-state index is 11.7. The number of hydrogen-bond acceptors (Lipinski definition) is 4. The molecule has 4 N–H and O–H groups in total. The van der Waals surface area contributed by atoms with Crippen molar-refractivity contribution < 1.29 is 9.53 Å². The number of alkyl carbamates (subject to hydrolysis) is 1. The van der Waals surface area contributed by atoms with Crippen LogP contribution < -0.4 is 16.4 Å². The zero-order valence-electron chi connectivity index (χ0n) is 11.1. The molecule has 0 radical (unpaired) electrons. The summed E-state index contributed by atoms with van der Waals surface area (Å²) in [6.45, 7) is 8.07. The Kier molecular flexibility index (Phi) is 5.21. The van der Waals surface area contributed by atoms with Crippen LogP contribution in [-0.2, 0) is 4.74 Å². The molecule has 0 bridgehead atoms. The molecule has 1 aliphatic rings. The van der Waals surface area contributed by atoms with Gasteiger partial charge in [-0.25, -0.2) is 4.79 Å². The van der Waals surface area contributed by atoms with E-state index in [1.54, 1.807) is 0 Å². The van der Waals surface area contributed by atoms with E-state index in [-0.39, 0.29) is 12.1 Å². The van der Waals surface area contributed by atoms with Crippen molar-refractivity contribution >= 4 is 6.09 Å². The number of hydrogen-bond donors (Lipinski definition) is 3. The molecule has 0 aromatic carbocycles. The molecule has 1 fully saturated rings. The number of rotatable bonds is 2. The van der Waals surface area contributed by atoms with Gasteiger partial charge in [-0.3, -0.25) is 0 Å². The molecule has 0 aliphatic carbocycles. The minimum absolute atomic E-state index is 0.116. The van der Waals surface area contributed by atoms with Gasteiger partial charge in [0, 0.05) is 6.04 Å². The lowest BCUT2D eigenvalue weighted by molar-refractivity contribution is 0.0485. The van der Waals surface area contributed by atoms with Gasteiger partial charge in [0.05, 0.1) is 0 Å².